The Morgan fingerprint density at radius 2 is 1.88 bits per heavy atom. The fraction of sp³-hybridized carbons (Fsp3) is 0.214. The summed E-state index contributed by atoms with van der Waals surface area (Å²) < 4.78 is 24.8. The highest BCUT2D eigenvalue weighted by molar-refractivity contribution is 7.92. The highest BCUT2D eigenvalue weighted by atomic mass is 32.2. The van der Waals surface area contributed by atoms with E-state index in [2.05, 4.69) is 4.99 Å². The molecule has 8 nitrogen and oxygen atoms in total. The molecule has 128 valence electrons. The van der Waals surface area contributed by atoms with E-state index in [4.69, 9.17) is 5.11 Å². The number of rotatable bonds is 5. The maximum Gasteiger partial charge on any atom is 0.309 e. The molecular formula is C14H14N2O6S2. The van der Waals surface area contributed by atoms with E-state index in [0.717, 1.165) is 16.9 Å². The average molecular weight is 370 g/mol. The Morgan fingerprint density at radius 1 is 1.25 bits per heavy atom. The summed E-state index contributed by atoms with van der Waals surface area (Å²) >= 11 is 0.838. The molecule has 2 N–H and O–H groups in total. The lowest BCUT2D eigenvalue weighted by Gasteiger charge is -2.02. The Kier molecular flexibility index (Phi) is 5.20. The van der Waals surface area contributed by atoms with Crippen molar-refractivity contribution in [2.45, 2.75) is 18.2 Å². The summed E-state index contributed by atoms with van der Waals surface area (Å²) in [6, 6.07) is 6.04. The molecule has 0 unspecified atom stereocenters. The lowest BCUT2D eigenvalue weighted by molar-refractivity contribution is -0.136. The van der Waals surface area contributed by atoms with Gasteiger partial charge in [-0.25, -0.2) is 8.42 Å². The van der Waals surface area contributed by atoms with E-state index in [0.29, 0.717) is 4.73 Å². The van der Waals surface area contributed by atoms with E-state index in [9.17, 15) is 23.2 Å². The van der Waals surface area contributed by atoms with E-state index in [1.54, 1.807) is 12.1 Å². The maximum atomic E-state index is 12.2. The number of benzene rings is 1. The second-order valence-corrected chi connectivity index (χ2v) is 7.80. The Bertz CT molecular complexity index is 938. The van der Waals surface area contributed by atoms with Gasteiger partial charge in [-0.1, -0.05) is 17.7 Å². The average Bonchev–Trinajstić information content (AvgIpc) is 2.79. The van der Waals surface area contributed by atoms with E-state index in [1.807, 2.05) is 6.92 Å². The molecule has 2 rings (SSSR count). The van der Waals surface area contributed by atoms with Crippen molar-refractivity contribution in [1.29, 1.82) is 0 Å². The molecule has 1 aromatic heterocycles. The van der Waals surface area contributed by atoms with Crippen LogP contribution in [0.3, 0.4) is 0 Å². The number of amides is 1. The Hall–Kier alpha value is -2.46. The van der Waals surface area contributed by atoms with E-state index in [-0.39, 0.29) is 15.4 Å². The van der Waals surface area contributed by atoms with Crippen molar-refractivity contribution in [2.75, 3.05) is 5.75 Å². The minimum Gasteiger partial charge on any atom is -0.481 e. The lowest BCUT2D eigenvalue weighted by Crippen LogP contribution is -2.21. The first-order valence-electron chi connectivity index (χ1n) is 6.66. The smallest absolute Gasteiger partial charge is 0.309 e. The maximum absolute atomic E-state index is 12.2. The number of carboxylic acids is 1. The molecule has 0 radical (unpaired) electrons. The number of nitrogens with zero attached hydrogens (tertiary/aromatic N) is 2. The van der Waals surface area contributed by atoms with Crippen LogP contribution in [0, 0.1) is 6.92 Å². The molecule has 2 aromatic rings. The van der Waals surface area contributed by atoms with Gasteiger partial charge in [0.05, 0.1) is 17.0 Å². The number of aromatic nitrogens is 1. The van der Waals surface area contributed by atoms with Gasteiger partial charge in [0.1, 0.15) is 5.75 Å². The molecule has 0 saturated carbocycles. The van der Waals surface area contributed by atoms with Gasteiger partial charge in [-0.15, -0.1) is 11.3 Å². The van der Waals surface area contributed by atoms with Crippen molar-refractivity contribution in [3.8, 4) is 0 Å². The van der Waals surface area contributed by atoms with Crippen LogP contribution >= 0.6 is 11.3 Å². The monoisotopic (exact) mass is 370 g/mol. The van der Waals surface area contributed by atoms with Crippen LogP contribution in [0.25, 0.3) is 0 Å². The van der Waals surface area contributed by atoms with Crippen molar-refractivity contribution >= 4 is 33.1 Å². The largest absolute Gasteiger partial charge is 0.481 e. The predicted molar refractivity (Wildman–Crippen MR) is 84.6 cm³/mol. The third-order valence-corrected chi connectivity index (χ3v) is 5.48. The highest BCUT2D eigenvalue weighted by Gasteiger charge is 2.19. The number of carbonyl (C=O) groups excluding carboxylic acids is 1. The van der Waals surface area contributed by atoms with Gasteiger partial charge < -0.3 is 10.3 Å². The van der Waals surface area contributed by atoms with Gasteiger partial charge in [-0.2, -0.15) is 9.72 Å². The van der Waals surface area contributed by atoms with Crippen LogP contribution in [0.5, 0.6) is 0 Å². The number of aryl methyl sites for hydroxylation is 1. The molecule has 0 bridgehead atoms. The third-order valence-electron chi connectivity index (χ3n) is 3.00. The second-order valence-electron chi connectivity index (χ2n) is 4.97. The molecule has 0 aliphatic heterocycles. The van der Waals surface area contributed by atoms with Crippen molar-refractivity contribution < 1.29 is 28.3 Å². The highest BCUT2D eigenvalue weighted by Crippen LogP contribution is 2.12. The van der Waals surface area contributed by atoms with Gasteiger partial charge in [0.15, 0.2) is 9.84 Å². The lowest BCUT2D eigenvalue weighted by atomic mass is 10.2. The number of thiazole rings is 1. The molecule has 0 spiro atoms. The van der Waals surface area contributed by atoms with E-state index in [1.165, 1.54) is 17.5 Å². The molecule has 0 atom stereocenters. The molecule has 0 aliphatic carbocycles. The van der Waals surface area contributed by atoms with E-state index < -0.39 is 33.9 Å². The van der Waals surface area contributed by atoms with Crippen molar-refractivity contribution in [2.24, 2.45) is 4.99 Å². The minimum absolute atomic E-state index is 0.00581. The zero-order valence-electron chi connectivity index (χ0n) is 12.5. The third kappa shape index (κ3) is 4.30. The van der Waals surface area contributed by atoms with Crippen LogP contribution in [-0.4, -0.2) is 41.1 Å². The van der Waals surface area contributed by atoms with Crippen molar-refractivity contribution in [1.82, 2.24) is 4.73 Å². The Balaban J connectivity index is 2.22. The first-order chi connectivity index (χ1) is 11.2. The first kappa shape index (κ1) is 17.9. The fourth-order valence-corrected chi connectivity index (χ4v) is 3.72. The molecule has 24 heavy (non-hydrogen) atoms. The Labute approximate surface area is 141 Å². The molecule has 1 heterocycles. The quantitative estimate of drug-likeness (QED) is 0.743. The molecule has 0 saturated heterocycles. The van der Waals surface area contributed by atoms with Crippen LogP contribution in [0.4, 0.5) is 0 Å². The molecule has 1 amide bonds. The topological polar surface area (TPSA) is 126 Å². The van der Waals surface area contributed by atoms with Crippen molar-refractivity contribution in [3.63, 3.8) is 0 Å². The van der Waals surface area contributed by atoms with Gasteiger partial charge in [0, 0.05) is 5.38 Å². The summed E-state index contributed by atoms with van der Waals surface area (Å²) in [5, 5.41) is 19.8. The minimum atomic E-state index is -3.85. The zero-order valence-corrected chi connectivity index (χ0v) is 14.2. The van der Waals surface area contributed by atoms with Gasteiger partial charge in [0.2, 0.25) is 4.80 Å². The summed E-state index contributed by atoms with van der Waals surface area (Å²) in [5.74, 6) is -2.96. The molecule has 0 aliphatic rings. The van der Waals surface area contributed by atoms with Crippen molar-refractivity contribution in [3.05, 3.63) is 45.7 Å². The van der Waals surface area contributed by atoms with Gasteiger partial charge in [0.25, 0.3) is 5.91 Å². The fourth-order valence-electron chi connectivity index (χ4n) is 1.82. The zero-order chi connectivity index (χ0) is 17.9. The molecule has 10 heteroatoms. The number of aliphatic carboxylic acids is 1. The predicted octanol–water partition coefficient (Wildman–Crippen LogP) is 0.624. The summed E-state index contributed by atoms with van der Waals surface area (Å²) in [4.78, 5) is 25.9. The van der Waals surface area contributed by atoms with Crippen LogP contribution in [0.15, 0.2) is 39.5 Å². The summed E-state index contributed by atoms with van der Waals surface area (Å²) in [6.45, 7) is 1.81. The first-order valence-corrected chi connectivity index (χ1v) is 9.19. The van der Waals surface area contributed by atoms with Gasteiger partial charge in [-0.05, 0) is 19.1 Å². The Morgan fingerprint density at radius 3 is 2.46 bits per heavy atom. The van der Waals surface area contributed by atoms with Gasteiger partial charge in [-0.3, -0.25) is 9.59 Å². The van der Waals surface area contributed by atoms with Gasteiger partial charge >= 0.3 is 5.97 Å². The molecule has 1 aromatic carbocycles. The summed E-state index contributed by atoms with van der Waals surface area (Å²) in [7, 11) is -3.85. The second kappa shape index (κ2) is 6.97. The number of sulfone groups is 1. The van der Waals surface area contributed by atoms with Crippen LogP contribution in [0.2, 0.25) is 0 Å². The number of carboxylic acid groups (broad SMARTS) is 1. The van der Waals surface area contributed by atoms with Crippen LogP contribution in [-0.2, 0) is 25.8 Å². The van der Waals surface area contributed by atoms with Crippen LogP contribution in [0.1, 0.15) is 11.3 Å². The standard InChI is InChI=1S/C14H14N2O6S2/c1-9-2-4-11(5-3-9)24(21,22)8-12(17)15-14-16(20)10(7-23-14)6-13(18)19/h2-5,7,20H,6,8H2,1H3,(H,18,19). The van der Waals surface area contributed by atoms with Crippen LogP contribution < -0.4 is 4.80 Å². The SMILES string of the molecule is Cc1ccc(S(=O)(=O)CC(=O)N=c2scc(CC(=O)O)n2O)cc1. The molecule has 0 fully saturated rings. The normalized spacial score (nSPS) is 12.3. The van der Waals surface area contributed by atoms with E-state index >= 15 is 0 Å². The number of hydrogen-bond donors (Lipinski definition) is 2. The molecular weight excluding hydrogens is 356 g/mol. The number of hydrogen-bond acceptors (Lipinski definition) is 6. The summed E-state index contributed by atoms with van der Waals surface area (Å²) in [5.41, 5.74) is 0.927. The number of carbonyl (C=O) groups is 2. The summed E-state index contributed by atoms with van der Waals surface area (Å²) in [6.07, 6.45) is -0.446.